The van der Waals surface area contributed by atoms with Crippen LogP contribution in [0.2, 0.25) is 0 Å². The summed E-state index contributed by atoms with van der Waals surface area (Å²) in [6, 6.07) is 0. The Labute approximate surface area is 42.7 Å². The topological polar surface area (TPSA) is 46.5 Å². The third-order valence-corrected chi connectivity index (χ3v) is 0.457. The maximum atomic E-state index is 9.91. The molecule has 7 heavy (non-hydrogen) atoms. The SMILES string of the molecule is [B]OC(=O)[C@H](C)O. The van der Waals surface area contributed by atoms with Gasteiger partial charge in [-0.05, 0) is 6.92 Å². The number of hydrogen-bond donors (Lipinski definition) is 1. The number of hydrogen-bond acceptors (Lipinski definition) is 3. The zero-order chi connectivity index (χ0) is 5.86. The van der Waals surface area contributed by atoms with Crippen molar-refractivity contribution < 1.29 is 14.6 Å². The molecule has 0 spiro atoms. The minimum absolute atomic E-state index is 0.819. The molecule has 0 amide bonds. The molecule has 4 heteroatoms. The molecule has 1 N–H and O–H groups in total. The van der Waals surface area contributed by atoms with Crippen LogP contribution in [0.5, 0.6) is 0 Å². The normalized spacial score (nSPS) is 12.9. The van der Waals surface area contributed by atoms with Gasteiger partial charge in [-0.25, -0.2) is 0 Å². The molecule has 0 rings (SSSR count). The van der Waals surface area contributed by atoms with Crippen LogP contribution in [0, 0.1) is 0 Å². The molecule has 0 unspecified atom stereocenters. The van der Waals surface area contributed by atoms with Crippen LogP contribution >= 0.6 is 0 Å². The molecule has 2 radical (unpaired) electrons. The Morgan fingerprint density at radius 3 is 2.43 bits per heavy atom. The Kier molecular flexibility index (Phi) is 2.44. The Morgan fingerprint density at radius 2 is 2.43 bits per heavy atom. The van der Waals surface area contributed by atoms with E-state index in [1.807, 2.05) is 0 Å². The number of carbonyl (C=O) groups excluding carboxylic acids is 1. The van der Waals surface area contributed by atoms with Gasteiger partial charge in [0.1, 0.15) is 6.10 Å². The second-order valence-corrected chi connectivity index (χ2v) is 1.11. The number of rotatable bonds is 1. The highest BCUT2D eigenvalue weighted by molar-refractivity contribution is 6.06. The van der Waals surface area contributed by atoms with Gasteiger partial charge in [0.15, 0.2) is 0 Å². The van der Waals surface area contributed by atoms with Crippen molar-refractivity contribution in [2.75, 3.05) is 0 Å². The molecule has 3 nitrogen and oxygen atoms in total. The molecule has 0 bridgehead atoms. The minimum Gasteiger partial charge on any atom is -0.542 e. The fourth-order valence-electron chi connectivity index (χ4n) is 0.0985. The van der Waals surface area contributed by atoms with E-state index < -0.39 is 12.1 Å². The van der Waals surface area contributed by atoms with Gasteiger partial charge in [0.05, 0.1) is 0 Å². The van der Waals surface area contributed by atoms with Crippen LogP contribution in [0.4, 0.5) is 0 Å². The van der Waals surface area contributed by atoms with Crippen LogP contribution in [0.1, 0.15) is 6.92 Å². The standard InChI is InChI=1S/C3H5BO3/c1-2(5)3(6)7-4/h2,5H,1H3/t2-/m0/s1. The summed E-state index contributed by atoms with van der Waals surface area (Å²) in [5, 5.41) is 8.27. The van der Waals surface area contributed by atoms with Crippen LogP contribution in [0.3, 0.4) is 0 Å². The van der Waals surface area contributed by atoms with Gasteiger partial charge in [-0.2, -0.15) is 0 Å². The lowest BCUT2D eigenvalue weighted by Gasteiger charge is -1.98. The lowest BCUT2D eigenvalue weighted by Crippen LogP contribution is -2.17. The molecular formula is C3H5BO3. The highest BCUT2D eigenvalue weighted by atomic mass is 16.5. The molecule has 0 aliphatic heterocycles. The summed E-state index contributed by atoms with van der Waals surface area (Å²) in [6.07, 6.45) is -1.12. The summed E-state index contributed by atoms with van der Waals surface area (Å²) in [7, 11) is 4.36. The van der Waals surface area contributed by atoms with E-state index in [2.05, 4.69) is 12.7 Å². The van der Waals surface area contributed by atoms with Crippen molar-refractivity contribution in [3.63, 3.8) is 0 Å². The van der Waals surface area contributed by atoms with Crippen LogP contribution in [0.15, 0.2) is 0 Å². The Bertz CT molecular complexity index is 70.6. The molecule has 1 atom stereocenters. The molecule has 0 aromatic carbocycles. The number of carbonyl (C=O) groups is 1. The van der Waals surface area contributed by atoms with Crippen molar-refractivity contribution in [2.24, 2.45) is 0 Å². The molecule has 0 heterocycles. The zero-order valence-electron chi connectivity index (χ0n) is 3.92. The molecule has 0 aromatic heterocycles. The fraction of sp³-hybridized carbons (Fsp3) is 0.667. The van der Waals surface area contributed by atoms with Crippen LogP contribution in [-0.2, 0) is 9.45 Å². The van der Waals surface area contributed by atoms with E-state index in [9.17, 15) is 4.79 Å². The summed E-state index contributed by atoms with van der Waals surface area (Å²) in [4.78, 5) is 9.91. The van der Waals surface area contributed by atoms with Gasteiger partial charge >= 0.3 is 14.0 Å². The van der Waals surface area contributed by atoms with Crippen LogP contribution in [0.25, 0.3) is 0 Å². The molecule has 38 valence electrons. The summed E-state index contributed by atoms with van der Waals surface area (Å²) in [5.41, 5.74) is 0. The van der Waals surface area contributed by atoms with Gasteiger partial charge in [-0.15, -0.1) is 0 Å². The molecule has 0 saturated carbocycles. The molecule has 0 aromatic rings. The van der Waals surface area contributed by atoms with E-state index in [0.29, 0.717) is 0 Å². The van der Waals surface area contributed by atoms with Gasteiger partial charge in [0, 0.05) is 0 Å². The van der Waals surface area contributed by atoms with Crippen molar-refractivity contribution in [3.05, 3.63) is 0 Å². The Hall–Kier alpha value is -0.505. The first-order valence-electron chi connectivity index (χ1n) is 1.77. The molecular weight excluding hydrogens is 94.8 g/mol. The first-order chi connectivity index (χ1) is 3.18. The monoisotopic (exact) mass is 100 g/mol. The quantitative estimate of drug-likeness (QED) is 0.429. The number of aliphatic hydroxyl groups excluding tert-OH is 1. The average molecular weight is 99.9 g/mol. The lowest BCUT2D eigenvalue weighted by molar-refractivity contribution is -0.142. The predicted octanol–water partition coefficient (Wildman–Crippen LogP) is -1.01. The predicted molar refractivity (Wildman–Crippen MR) is 23.5 cm³/mol. The van der Waals surface area contributed by atoms with Crippen molar-refractivity contribution in [2.45, 2.75) is 13.0 Å². The lowest BCUT2D eigenvalue weighted by atomic mass is 10.4. The molecule has 0 aliphatic carbocycles. The largest absolute Gasteiger partial charge is 0.542 e. The summed E-state index contributed by atoms with van der Waals surface area (Å²) in [6.45, 7) is 1.27. The van der Waals surface area contributed by atoms with Crippen molar-refractivity contribution >= 4 is 14.0 Å². The molecule has 0 fully saturated rings. The van der Waals surface area contributed by atoms with Crippen molar-refractivity contribution in [1.29, 1.82) is 0 Å². The van der Waals surface area contributed by atoms with Crippen molar-refractivity contribution in [3.8, 4) is 0 Å². The maximum Gasteiger partial charge on any atom is 0.378 e. The first kappa shape index (κ1) is 6.49. The third-order valence-electron chi connectivity index (χ3n) is 0.457. The van der Waals surface area contributed by atoms with Crippen LogP contribution in [-0.4, -0.2) is 25.2 Å². The molecule has 0 saturated heterocycles. The Balaban J connectivity index is 3.35. The minimum atomic E-state index is -1.12. The second-order valence-electron chi connectivity index (χ2n) is 1.11. The van der Waals surface area contributed by atoms with E-state index >= 15 is 0 Å². The van der Waals surface area contributed by atoms with E-state index in [0.717, 1.165) is 0 Å². The zero-order valence-corrected chi connectivity index (χ0v) is 3.92. The maximum absolute atomic E-state index is 9.91. The van der Waals surface area contributed by atoms with Crippen LogP contribution < -0.4 is 0 Å². The highest BCUT2D eigenvalue weighted by Gasteiger charge is 2.04. The van der Waals surface area contributed by atoms with E-state index in [1.54, 1.807) is 0 Å². The Morgan fingerprint density at radius 1 is 2.00 bits per heavy atom. The summed E-state index contributed by atoms with van der Waals surface area (Å²) < 4.78 is 3.62. The van der Waals surface area contributed by atoms with Crippen molar-refractivity contribution in [1.82, 2.24) is 0 Å². The van der Waals surface area contributed by atoms with E-state index in [1.165, 1.54) is 6.92 Å². The van der Waals surface area contributed by atoms with E-state index in [4.69, 9.17) is 5.11 Å². The first-order valence-corrected chi connectivity index (χ1v) is 1.77. The number of aliphatic hydroxyl groups is 1. The molecule has 0 aliphatic rings. The van der Waals surface area contributed by atoms with Gasteiger partial charge in [-0.1, -0.05) is 0 Å². The average Bonchev–Trinajstić information content (AvgIpc) is 1.65. The summed E-state index contributed by atoms with van der Waals surface area (Å²) >= 11 is 0. The summed E-state index contributed by atoms with van der Waals surface area (Å²) in [5.74, 6) is -0.819. The fourth-order valence-corrected chi connectivity index (χ4v) is 0.0985. The second kappa shape index (κ2) is 2.63. The highest BCUT2D eigenvalue weighted by Crippen LogP contribution is 1.80. The van der Waals surface area contributed by atoms with Gasteiger partial charge in [-0.3, -0.25) is 4.79 Å². The van der Waals surface area contributed by atoms with Gasteiger partial charge in [0.2, 0.25) is 0 Å². The van der Waals surface area contributed by atoms with Gasteiger partial charge in [0.25, 0.3) is 0 Å². The van der Waals surface area contributed by atoms with E-state index in [-0.39, 0.29) is 0 Å². The third kappa shape index (κ3) is 2.22. The van der Waals surface area contributed by atoms with Gasteiger partial charge < -0.3 is 9.76 Å². The smallest absolute Gasteiger partial charge is 0.378 e.